The van der Waals surface area contributed by atoms with Crippen LogP contribution >= 0.6 is 11.6 Å². The number of benzene rings is 2. The Morgan fingerprint density at radius 3 is 2.14 bits per heavy atom. The first-order valence-corrected chi connectivity index (χ1v) is 11.6. The Bertz CT molecular complexity index is 1150. The number of rotatable bonds is 7. The van der Waals surface area contributed by atoms with Gasteiger partial charge in [-0.25, -0.2) is 8.78 Å². The molecule has 184 valence electrons. The van der Waals surface area contributed by atoms with Crippen LogP contribution in [0, 0.1) is 21.7 Å². The Hall–Kier alpha value is -3.37. The van der Waals surface area contributed by atoms with Crippen LogP contribution in [-0.4, -0.2) is 52.5 Å². The van der Waals surface area contributed by atoms with Crippen molar-refractivity contribution >= 4 is 28.9 Å². The van der Waals surface area contributed by atoms with Crippen LogP contribution in [0.2, 0.25) is 5.28 Å². The number of halogens is 3. The number of nitro groups is 1. The molecule has 1 aliphatic rings. The normalized spacial score (nSPS) is 16.5. The predicted molar refractivity (Wildman–Crippen MR) is 131 cm³/mol. The predicted octanol–water partition coefficient (Wildman–Crippen LogP) is 5.05. The summed E-state index contributed by atoms with van der Waals surface area (Å²) in [5.74, 6) is -0.448. The number of nitrogens with one attached hydrogen (secondary N) is 1. The van der Waals surface area contributed by atoms with Crippen molar-refractivity contribution in [3.8, 4) is 0 Å². The molecular weight excluding hydrogens is 478 g/mol. The summed E-state index contributed by atoms with van der Waals surface area (Å²) in [6.07, 6.45) is 0.684. The molecule has 0 saturated carbocycles. The second kappa shape index (κ2) is 10.5. The molecule has 1 aromatic heterocycles. The molecule has 3 aromatic rings. The van der Waals surface area contributed by atoms with Gasteiger partial charge in [-0.15, -0.1) is 0 Å². The first-order valence-electron chi connectivity index (χ1n) is 11.2. The molecular formula is C24H25ClF2N6O2. The average Bonchev–Trinajstić information content (AvgIpc) is 2.85. The van der Waals surface area contributed by atoms with Gasteiger partial charge in [0.25, 0.3) is 0 Å². The van der Waals surface area contributed by atoms with Gasteiger partial charge in [-0.3, -0.25) is 15.0 Å². The maximum atomic E-state index is 13.6. The molecule has 1 unspecified atom stereocenters. The summed E-state index contributed by atoms with van der Waals surface area (Å²) in [6, 6.07) is 12.2. The van der Waals surface area contributed by atoms with Gasteiger partial charge in [0.15, 0.2) is 0 Å². The smallest absolute Gasteiger partial charge is 0.353 e. The minimum Gasteiger partial charge on any atom is -0.367 e. The summed E-state index contributed by atoms with van der Waals surface area (Å²) in [7, 11) is 1.54. The second-order valence-electron chi connectivity index (χ2n) is 8.28. The van der Waals surface area contributed by atoms with Gasteiger partial charge in [-0.1, -0.05) is 31.2 Å². The molecule has 1 atom stereocenters. The minimum absolute atomic E-state index is 0.0535. The summed E-state index contributed by atoms with van der Waals surface area (Å²) in [5.41, 5.74) is 1.52. The fraction of sp³-hybridized carbons (Fsp3) is 0.333. The van der Waals surface area contributed by atoms with Crippen LogP contribution in [0.15, 0.2) is 48.5 Å². The number of hydrogen-bond donors (Lipinski definition) is 1. The van der Waals surface area contributed by atoms with Crippen LogP contribution in [0.4, 0.5) is 26.1 Å². The van der Waals surface area contributed by atoms with Gasteiger partial charge in [0.05, 0.1) is 11.0 Å². The number of nitrogens with zero attached hydrogens (tertiary/aromatic N) is 5. The fourth-order valence-electron chi connectivity index (χ4n) is 4.61. The topological polar surface area (TPSA) is 87.4 Å². The zero-order valence-corrected chi connectivity index (χ0v) is 20.0. The van der Waals surface area contributed by atoms with E-state index in [0.29, 0.717) is 26.1 Å². The summed E-state index contributed by atoms with van der Waals surface area (Å²) in [4.78, 5) is 23.7. The molecule has 0 bridgehead atoms. The van der Waals surface area contributed by atoms with E-state index in [4.69, 9.17) is 11.6 Å². The van der Waals surface area contributed by atoms with E-state index < -0.39 is 4.92 Å². The van der Waals surface area contributed by atoms with Crippen molar-refractivity contribution < 1.29 is 13.7 Å². The van der Waals surface area contributed by atoms with E-state index in [2.05, 4.69) is 20.2 Å². The highest BCUT2D eigenvalue weighted by molar-refractivity contribution is 6.28. The molecule has 0 spiro atoms. The van der Waals surface area contributed by atoms with Crippen molar-refractivity contribution in [1.82, 2.24) is 14.9 Å². The second-order valence-corrected chi connectivity index (χ2v) is 8.61. The van der Waals surface area contributed by atoms with Crippen molar-refractivity contribution in [2.45, 2.75) is 25.4 Å². The monoisotopic (exact) mass is 502 g/mol. The van der Waals surface area contributed by atoms with E-state index in [1.165, 1.54) is 24.3 Å². The average molecular weight is 503 g/mol. The quantitative estimate of drug-likeness (QED) is 0.275. The molecule has 2 heterocycles. The number of aromatic nitrogens is 2. The van der Waals surface area contributed by atoms with E-state index in [1.54, 1.807) is 31.3 Å². The first kappa shape index (κ1) is 24.7. The van der Waals surface area contributed by atoms with Crippen LogP contribution in [0.25, 0.3) is 0 Å². The number of anilines is 2. The summed E-state index contributed by atoms with van der Waals surface area (Å²) in [6.45, 7) is 3.52. The summed E-state index contributed by atoms with van der Waals surface area (Å²) in [5, 5.41) is 14.5. The maximum absolute atomic E-state index is 13.6. The SMILES string of the molecule is CCC1CN(C(c2ccc(F)cc2)c2ccc(F)cc2)CCN1c1nc(Cl)nc(NC)c1[N+](=O)[O-]. The molecule has 1 fully saturated rings. The van der Waals surface area contributed by atoms with Gasteiger partial charge in [-0.05, 0) is 53.4 Å². The Morgan fingerprint density at radius 1 is 1.09 bits per heavy atom. The summed E-state index contributed by atoms with van der Waals surface area (Å²) >= 11 is 6.10. The molecule has 1 N–H and O–H groups in total. The first-order chi connectivity index (χ1) is 16.8. The highest BCUT2D eigenvalue weighted by Gasteiger charge is 2.37. The minimum atomic E-state index is -0.504. The molecule has 35 heavy (non-hydrogen) atoms. The molecule has 1 aliphatic heterocycles. The third-order valence-electron chi connectivity index (χ3n) is 6.25. The van der Waals surface area contributed by atoms with Gasteiger partial charge in [0.1, 0.15) is 11.6 Å². The molecule has 2 aromatic carbocycles. The molecule has 0 radical (unpaired) electrons. The highest BCUT2D eigenvalue weighted by Crippen LogP contribution is 2.38. The largest absolute Gasteiger partial charge is 0.367 e. The molecule has 0 amide bonds. The van der Waals surface area contributed by atoms with Crippen molar-refractivity contribution in [2.75, 3.05) is 36.9 Å². The Morgan fingerprint density at radius 2 is 1.66 bits per heavy atom. The number of hydrogen-bond acceptors (Lipinski definition) is 7. The standard InChI is InChI=1S/C24H25ClF2N6O2/c1-3-19-14-31(12-13-32(19)23-21(33(34)35)22(28-2)29-24(25)30-23)20(15-4-8-17(26)9-5-15)16-6-10-18(27)11-7-16/h4-11,19-20H,3,12-14H2,1-2H3,(H,28,29,30). The van der Waals surface area contributed by atoms with Crippen LogP contribution in [0.1, 0.15) is 30.5 Å². The Kier molecular flexibility index (Phi) is 7.42. The third kappa shape index (κ3) is 5.18. The zero-order valence-electron chi connectivity index (χ0n) is 19.3. The van der Waals surface area contributed by atoms with Crippen molar-refractivity contribution in [2.24, 2.45) is 0 Å². The molecule has 0 aliphatic carbocycles. The van der Waals surface area contributed by atoms with E-state index in [-0.39, 0.29) is 46.3 Å². The van der Waals surface area contributed by atoms with Crippen molar-refractivity contribution in [1.29, 1.82) is 0 Å². The fourth-order valence-corrected chi connectivity index (χ4v) is 4.77. The van der Waals surface area contributed by atoms with Gasteiger partial charge in [0.2, 0.25) is 16.9 Å². The van der Waals surface area contributed by atoms with E-state index >= 15 is 0 Å². The van der Waals surface area contributed by atoms with E-state index in [1.807, 2.05) is 11.8 Å². The molecule has 1 saturated heterocycles. The van der Waals surface area contributed by atoms with Crippen molar-refractivity contribution in [3.05, 3.63) is 86.7 Å². The van der Waals surface area contributed by atoms with E-state index in [0.717, 1.165) is 11.1 Å². The maximum Gasteiger partial charge on any atom is 0.353 e. The van der Waals surface area contributed by atoms with Gasteiger partial charge >= 0.3 is 5.69 Å². The van der Waals surface area contributed by atoms with Crippen LogP contribution in [0.3, 0.4) is 0 Å². The highest BCUT2D eigenvalue weighted by atomic mass is 35.5. The van der Waals surface area contributed by atoms with E-state index in [9.17, 15) is 18.9 Å². The third-order valence-corrected chi connectivity index (χ3v) is 6.42. The lowest BCUT2D eigenvalue weighted by Gasteiger charge is -2.45. The van der Waals surface area contributed by atoms with Crippen LogP contribution in [0.5, 0.6) is 0 Å². The summed E-state index contributed by atoms with van der Waals surface area (Å²) < 4.78 is 27.3. The lowest BCUT2D eigenvalue weighted by Crippen LogP contribution is -2.54. The zero-order chi connectivity index (χ0) is 25.1. The van der Waals surface area contributed by atoms with Gasteiger partial charge in [0, 0.05) is 32.7 Å². The van der Waals surface area contributed by atoms with Crippen LogP contribution < -0.4 is 10.2 Å². The Balaban J connectivity index is 1.71. The molecule has 8 nitrogen and oxygen atoms in total. The molecule has 4 rings (SSSR count). The number of piperazine rings is 1. The van der Waals surface area contributed by atoms with Crippen molar-refractivity contribution in [3.63, 3.8) is 0 Å². The van der Waals surface area contributed by atoms with Crippen LogP contribution in [-0.2, 0) is 0 Å². The van der Waals surface area contributed by atoms with Gasteiger partial charge < -0.3 is 10.2 Å². The Labute approximate surface area is 206 Å². The molecule has 11 heteroatoms. The van der Waals surface area contributed by atoms with Gasteiger partial charge in [-0.2, -0.15) is 9.97 Å². The lowest BCUT2D eigenvalue weighted by atomic mass is 9.95. The lowest BCUT2D eigenvalue weighted by molar-refractivity contribution is -0.383.